The summed E-state index contributed by atoms with van der Waals surface area (Å²) in [5, 5.41) is 10.6. The summed E-state index contributed by atoms with van der Waals surface area (Å²) in [7, 11) is 0. The molecule has 1 spiro atoms. The first-order valence-electron chi connectivity index (χ1n) is 17.6. The first kappa shape index (κ1) is 33.9. The van der Waals surface area contributed by atoms with Gasteiger partial charge >= 0.3 is 0 Å². The maximum Gasteiger partial charge on any atom is 0.251 e. The van der Waals surface area contributed by atoms with E-state index in [1.165, 1.54) is 11.8 Å². The Morgan fingerprint density at radius 1 is 0.840 bits per heavy atom. The Bertz CT molecular complexity index is 1780. The number of anilines is 3. The van der Waals surface area contributed by atoms with Crippen LogP contribution in [-0.2, 0) is 14.4 Å². The standard InChI is InChI=1S/C40H44N4O5S/c1-4-41(5-2)28-15-17-29(18-16-28)43-25-11-23-40-35(38(47)44(36(40)39(43)48)32(26-45)27-12-8-7-9-13-27)34-33(50-40)14-10-24-42(37(34)46)30-19-21-31(22-20-30)49-6-3/h7-23,32-36,45H,4-6,24-26H2,1-3H3/t32-,33-,34+,35+,36?,40+/m1/s1. The third kappa shape index (κ3) is 5.58. The summed E-state index contributed by atoms with van der Waals surface area (Å²) >= 11 is 1.54. The van der Waals surface area contributed by atoms with Crippen molar-refractivity contribution in [3.8, 4) is 5.75 Å². The molecule has 3 aromatic rings. The number of benzene rings is 3. The van der Waals surface area contributed by atoms with E-state index in [-0.39, 0.29) is 29.6 Å². The smallest absolute Gasteiger partial charge is 0.251 e. The number of hydrogen-bond donors (Lipinski definition) is 1. The lowest BCUT2D eigenvalue weighted by molar-refractivity contribution is -0.141. The largest absolute Gasteiger partial charge is 0.494 e. The highest BCUT2D eigenvalue weighted by Gasteiger charge is 2.72. The number of carbonyl (C=O) groups excluding carboxylic acids is 3. The maximum absolute atomic E-state index is 15.1. The molecule has 0 aromatic heterocycles. The average molecular weight is 693 g/mol. The summed E-state index contributed by atoms with van der Waals surface area (Å²) in [5.41, 5.74) is 3.26. The van der Waals surface area contributed by atoms with Crippen LogP contribution in [0, 0.1) is 11.8 Å². The number of fused-ring (bicyclic) bond motifs is 2. The molecule has 2 saturated heterocycles. The minimum atomic E-state index is -1.02. The Morgan fingerprint density at radius 3 is 2.12 bits per heavy atom. The van der Waals surface area contributed by atoms with E-state index in [9.17, 15) is 9.90 Å². The molecule has 0 bridgehead atoms. The fourth-order valence-electron chi connectivity index (χ4n) is 8.23. The molecule has 7 rings (SSSR count). The van der Waals surface area contributed by atoms with E-state index in [0.717, 1.165) is 41.5 Å². The van der Waals surface area contributed by atoms with Crippen molar-refractivity contribution in [1.82, 2.24) is 4.90 Å². The number of amides is 3. The molecule has 6 atom stereocenters. The van der Waals surface area contributed by atoms with Crippen LogP contribution in [0.4, 0.5) is 17.1 Å². The number of thioether (sulfide) groups is 1. The lowest BCUT2D eigenvalue weighted by Crippen LogP contribution is -2.54. The molecule has 10 heteroatoms. The monoisotopic (exact) mass is 692 g/mol. The minimum Gasteiger partial charge on any atom is -0.494 e. The van der Waals surface area contributed by atoms with Crippen LogP contribution >= 0.6 is 11.8 Å². The van der Waals surface area contributed by atoms with Gasteiger partial charge in [-0.2, -0.15) is 0 Å². The predicted octanol–water partition coefficient (Wildman–Crippen LogP) is 5.47. The van der Waals surface area contributed by atoms with Gasteiger partial charge in [0.15, 0.2) is 0 Å². The lowest BCUT2D eigenvalue weighted by Gasteiger charge is -2.38. The van der Waals surface area contributed by atoms with Crippen LogP contribution in [0.15, 0.2) is 103 Å². The summed E-state index contributed by atoms with van der Waals surface area (Å²) in [6.45, 7) is 8.76. The highest BCUT2D eigenvalue weighted by atomic mass is 32.2. The molecule has 2 fully saturated rings. The Morgan fingerprint density at radius 2 is 1.48 bits per heavy atom. The highest BCUT2D eigenvalue weighted by molar-refractivity contribution is 8.02. The third-order valence-corrected chi connectivity index (χ3v) is 12.3. The van der Waals surface area contributed by atoms with Crippen LogP contribution in [0.1, 0.15) is 32.4 Å². The van der Waals surface area contributed by atoms with Gasteiger partial charge in [0.05, 0.1) is 35.8 Å². The van der Waals surface area contributed by atoms with Crippen LogP contribution in [0.25, 0.3) is 0 Å². The zero-order chi connectivity index (χ0) is 35.0. The lowest BCUT2D eigenvalue weighted by atomic mass is 9.78. The summed E-state index contributed by atoms with van der Waals surface area (Å²) in [6.07, 6.45) is 8.03. The first-order valence-corrected chi connectivity index (χ1v) is 18.5. The maximum atomic E-state index is 15.1. The molecular weight excluding hydrogens is 649 g/mol. The molecule has 3 amide bonds. The number of hydrogen-bond acceptors (Lipinski definition) is 7. The third-order valence-electron chi connectivity index (χ3n) is 10.5. The van der Waals surface area contributed by atoms with Gasteiger partial charge in [0.2, 0.25) is 11.8 Å². The van der Waals surface area contributed by atoms with Gasteiger partial charge < -0.3 is 29.4 Å². The van der Waals surface area contributed by atoms with Gasteiger partial charge in [0.1, 0.15) is 11.8 Å². The summed E-state index contributed by atoms with van der Waals surface area (Å²) in [4.78, 5) is 52.2. The summed E-state index contributed by atoms with van der Waals surface area (Å²) in [6, 6.07) is 23.1. The van der Waals surface area contributed by atoms with E-state index in [4.69, 9.17) is 4.74 Å². The van der Waals surface area contributed by atoms with Crippen molar-refractivity contribution in [2.45, 2.75) is 42.9 Å². The summed E-state index contributed by atoms with van der Waals surface area (Å²) < 4.78 is 4.61. The zero-order valence-electron chi connectivity index (χ0n) is 28.7. The highest BCUT2D eigenvalue weighted by Crippen LogP contribution is 2.62. The second-order valence-corrected chi connectivity index (χ2v) is 14.5. The van der Waals surface area contributed by atoms with Crippen LogP contribution < -0.4 is 19.4 Å². The molecule has 4 aliphatic heterocycles. The van der Waals surface area contributed by atoms with Gasteiger partial charge in [0, 0.05) is 48.5 Å². The number of aliphatic hydroxyl groups excluding tert-OH is 1. The van der Waals surface area contributed by atoms with Gasteiger partial charge in [-0.1, -0.05) is 54.6 Å². The number of likely N-dealkylation sites (tertiary alicyclic amines) is 1. The van der Waals surface area contributed by atoms with E-state index in [1.54, 1.807) is 14.7 Å². The summed E-state index contributed by atoms with van der Waals surface area (Å²) in [5.74, 6) is -1.47. The van der Waals surface area contributed by atoms with E-state index in [1.807, 2.05) is 110 Å². The van der Waals surface area contributed by atoms with Gasteiger partial charge in [-0.25, -0.2) is 0 Å². The molecule has 0 aliphatic carbocycles. The van der Waals surface area contributed by atoms with Crippen LogP contribution in [0.3, 0.4) is 0 Å². The van der Waals surface area contributed by atoms with Crippen molar-refractivity contribution in [3.63, 3.8) is 0 Å². The normalized spacial score (nSPS) is 26.3. The molecule has 50 heavy (non-hydrogen) atoms. The quantitative estimate of drug-likeness (QED) is 0.282. The van der Waals surface area contributed by atoms with E-state index < -0.39 is 28.7 Å². The fraction of sp³-hybridized carbons (Fsp3) is 0.375. The molecule has 9 nitrogen and oxygen atoms in total. The van der Waals surface area contributed by atoms with Gasteiger partial charge in [-0.05, 0) is 74.9 Å². The predicted molar refractivity (Wildman–Crippen MR) is 199 cm³/mol. The fourth-order valence-corrected chi connectivity index (χ4v) is 10.2. The van der Waals surface area contributed by atoms with Crippen LogP contribution in [0.5, 0.6) is 5.75 Å². The van der Waals surface area contributed by atoms with Gasteiger partial charge in [-0.3, -0.25) is 14.4 Å². The van der Waals surface area contributed by atoms with Crippen molar-refractivity contribution in [2.75, 3.05) is 54.1 Å². The topological polar surface area (TPSA) is 93.6 Å². The van der Waals surface area contributed by atoms with E-state index in [2.05, 4.69) is 18.7 Å². The Balaban J connectivity index is 1.31. The van der Waals surface area contributed by atoms with Crippen molar-refractivity contribution in [3.05, 3.63) is 109 Å². The van der Waals surface area contributed by atoms with Crippen LogP contribution in [-0.4, -0.2) is 83.2 Å². The molecule has 4 aliphatic rings. The van der Waals surface area contributed by atoms with Gasteiger partial charge in [0.25, 0.3) is 5.91 Å². The number of ether oxygens (including phenoxy) is 1. The second kappa shape index (κ2) is 14.0. The SMILES string of the molecule is CCOc1ccc(N2CC=C[C@H]3S[C@]45C=CCN(c6ccc(N(CC)CC)cc6)C(=O)C4N([C@H](CO)c4ccccc4)C(=O)[C@@H]5[C@H]3C2=O)cc1. The zero-order valence-corrected chi connectivity index (χ0v) is 29.5. The second-order valence-electron chi connectivity index (χ2n) is 13.0. The van der Waals surface area contributed by atoms with E-state index >= 15 is 9.59 Å². The van der Waals surface area contributed by atoms with Crippen LogP contribution in [0.2, 0.25) is 0 Å². The van der Waals surface area contributed by atoms with Crippen molar-refractivity contribution in [1.29, 1.82) is 0 Å². The minimum absolute atomic E-state index is 0.151. The van der Waals surface area contributed by atoms with Crippen molar-refractivity contribution < 1.29 is 24.2 Å². The Labute approximate surface area is 298 Å². The molecule has 260 valence electrons. The molecular formula is C40H44N4O5S. The number of rotatable bonds is 10. The Hall–Kier alpha value is -4.54. The molecule has 0 saturated carbocycles. The molecule has 0 radical (unpaired) electrons. The first-order chi connectivity index (χ1) is 24.4. The number of nitrogens with zero attached hydrogens (tertiary/aromatic N) is 4. The van der Waals surface area contributed by atoms with E-state index in [0.29, 0.717) is 19.7 Å². The Kier molecular flexibility index (Phi) is 9.50. The van der Waals surface area contributed by atoms with Crippen molar-refractivity contribution in [2.24, 2.45) is 11.8 Å². The number of aliphatic hydroxyl groups is 1. The molecule has 1 N–H and O–H groups in total. The average Bonchev–Trinajstić information content (AvgIpc) is 3.45. The number of carbonyl (C=O) groups is 3. The molecule has 3 aromatic carbocycles. The van der Waals surface area contributed by atoms with Crippen molar-refractivity contribution >= 4 is 46.5 Å². The molecule has 4 heterocycles. The molecule has 1 unspecified atom stereocenters. The van der Waals surface area contributed by atoms with Gasteiger partial charge in [-0.15, -0.1) is 11.8 Å².